The summed E-state index contributed by atoms with van der Waals surface area (Å²) in [4.78, 5) is 12.8. The number of pyridine rings is 1. The van der Waals surface area contributed by atoms with Gasteiger partial charge in [-0.1, -0.05) is 12.1 Å². The van der Waals surface area contributed by atoms with Crippen molar-refractivity contribution >= 4 is 22.8 Å². The van der Waals surface area contributed by atoms with Gasteiger partial charge in [0.15, 0.2) is 0 Å². The number of nitrogens with zero attached hydrogens (tertiary/aromatic N) is 2. The Morgan fingerprint density at radius 3 is 3.05 bits per heavy atom. The Morgan fingerprint density at radius 1 is 1.32 bits per heavy atom. The monoisotopic (exact) mass is 271 g/mol. The van der Waals surface area contributed by atoms with Gasteiger partial charge in [0, 0.05) is 11.1 Å². The van der Waals surface area contributed by atoms with E-state index in [1.165, 1.54) is 0 Å². The van der Waals surface area contributed by atoms with Crippen molar-refractivity contribution < 1.29 is 4.79 Å². The van der Waals surface area contributed by atoms with Gasteiger partial charge >= 0.3 is 0 Å². The molecule has 0 saturated carbocycles. The maximum atomic E-state index is 11.8. The fourth-order valence-electron chi connectivity index (χ4n) is 1.90. The van der Waals surface area contributed by atoms with Crippen LogP contribution in [0.25, 0.3) is 5.52 Å². The number of carbonyl (C=O) groups is 1. The van der Waals surface area contributed by atoms with Gasteiger partial charge in [-0.25, -0.2) is 4.52 Å². The minimum absolute atomic E-state index is 0.0273. The zero-order valence-corrected chi connectivity index (χ0v) is 11.1. The number of aromatic nitrogens is 2. The third-order valence-electron chi connectivity index (χ3n) is 2.80. The molecular formula is C14H13N3OS. The van der Waals surface area contributed by atoms with E-state index in [9.17, 15) is 4.79 Å². The molecule has 96 valence electrons. The zero-order chi connectivity index (χ0) is 13.1. The predicted molar refractivity (Wildman–Crippen MR) is 75.1 cm³/mol. The van der Waals surface area contributed by atoms with E-state index in [2.05, 4.69) is 10.4 Å². The van der Waals surface area contributed by atoms with E-state index >= 15 is 0 Å². The fourth-order valence-corrected chi connectivity index (χ4v) is 2.60. The summed E-state index contributed by atoms with van der Waals surface area (Å²) >= 11 is 1.60. The number of carbonyl (C=O) groups excluding carboxylic acids is 1. The van der Waals surface area contributed by atoms with E-state index in [4.69, 9.17) is 0 Å². The smallest absolute Gasteiger partial charge is 0.225 e. The minimum atomic E-state index is 0.0273. The van der Waals surface area contributed by atoms with Crippen molar-refractivity contribution in [1.82, 2.24) is 14.9 Å². The van der Waals surface area contributed by atoms with Gasteiger partial charge in [0.1, 0.15) is 0 Å². The molecule has 0 radical (unpaired) electrons. The van der Waals surface area contributed by atoms with Crippen LogP contribution in [-0.2, 0) is 17.8 Å². The lowest BCUT2D eigenvalue weighted by Gasteiger charge is -2.01. The van der Waals surface area contributed by atoms with Gasteiger partial charge in [0.05, 0.1) is 24.2 Å². The number of hydrogen-bond donors (Lipinski definition) is 1. The van der Waals surface area contributed by atoms with Crippen molar-refractivity contribution in [2.75, 3.05) is 0 Å². The third-order valence-corrected chi connectivity index (χ3v) is 3.68. The molecule has 4 nitrogen and oxygen atoms in total. The lowest BCUT2D eigenvalue weighted by molar-refractivity contribution is -0.120. The first-order valence-corrected chi connectivity index (χ1v) is 6.91. The Kier molecular flexibility index (Phi) is 3.29. The molecule has 1 amide bonds. The molecule has 0 aliphatic carbocycles. The molecule has 0 fully saturated rings. The van der Waals surface area contributed by atoms with Gasteiger partial charge in [-0.15, -0.1) is 11.3 Å². The standard InChI is InChI=1S/C14H13N3OS/c18-14(9-13-5-3-7-19-13)15-10-11-8-12-4-1-2-6-17(12)16-11/h1-8H,9-10H2,(H,15,18). The summed E-state index contributed by atoms with van der Waals surface area (Å²) in [6.07, 6.45) is 2.33. The van der Waals surface area contributed by atoms with Crippen molar-refractivity contribution in [3.63, 3.8) is 0 Å². The number of nitrogens with one attached hydrogen (secondary N) is 1. The quantitative estimate of drug-likeness (QED) is 0.791. The Hall–Kier alpha value is -2.14. The number of thiophene rings is 1. The molecule has 0 aliphatic rings. The van der Waals surface area contributed by atoms with E-state index in [1.54, 1.807) is 15.9 Å². The van der Waals surface area contributed by atoms with E-state index in [0.717, 1.165) is 16.1 Å². The third kappa shape index (κ3) is 2.82. The average molecular weight is 271 g/mol. The molecule has 19 heavy (non-hydrogen) atoms. The molecule has 1 N–H and O–H groups in total. The van der Waals surface area contributed by atoms with Crippen LogP contribution in [0.15, 0.2) is 48.0 Å². The second kappa shape index (κ2) is 5.24. The summed E-state index contributed by atoms with van der Waals surface area (Å²) in [6, 6.07) is 11.8. The first-order chi connectivity index (χ1) is 9.31. The molecule has 0 aliphatic heterocycles. The minimum Gasteiger partial charge on any atom is -0.350 e. The van der Waals surface area contributed by atoms with E-state index in [0.29, 0.717) is 13.0 Å². The summed E-state index contributed by atoms with van der Waals surface area (Å²) in [6.45, 7) is 0.464. The van der Waals surface area contributed by atoms with Crippen LogP contribution in [0.3, 0.4) is 0 Å². The van der Waals surface area contributed by atoms with Crippen LogP contribution in [-0.4, -0.2) is 15.5 Å². The molecule has 3 heterocycles. The summed E-state index contributed by atoms with van der Waals surface area (Å²) in [5.41, 5.74) is 1.90. The lowest BCUT2D eigenvalue weighted by atomic mass is 10.3. The highest BCUT2D eigenvalue weighted by molar-refractivity contribution is 7.10. The predicted octanol–water partition coefficient (Wildman–Crippen LogP) is 2.25. The summed E-state index contributed by atoms with van der Waals surface area (Å²) in [7, 11) is 0. The molecule has 0 bridgehead atoms. The Morgan fingerprint density at radius 2 is 2.26 bits per heavy atom. The Balaban J connectivity index is 1.61. The Labute approximate surface area is 114 Å². The molecule has 5 heteroatoms. The van der Waals surface area contributed by atoms with Crippen LogP contribution < -0.4 is 5.32 Å². The molecule has 0 atom stereocenters. The van der Waals surface area contributed by atoms with E-state index < -0.39 is 0 Å². The van der Waals surface area contributed by atoms with Gasteiger partial charge in [0.25, 0.3) is 0 Å². The number of fused-ring (bicyclic) bond motifs is 1. The van der Waals surface area contributed by atoms with Crippen molar-refractivity contribution in [3.05, 3.63) is 58.5 Å². The second-order valence-corrected chi connectivity index (χ2v) is 5.27. The maximum absolute atomic E-state index is 11.8. The van der Waals surface area contributed by atoms with Crippen molar-refractivity contribution in [2.24, 2.45) is 0 Å². The highest BCUT2D eigenvalue weighted by Gasteiger charge is 2.06. The molecule has 0 saturated heterocycles. The molecular weight excluding hydrogens is 258 g/mol. The fraction of sp³-hybridized carbons (Fsp3) is 0.143. The largest absolute Gasteiger partial charge is 0.350 e. The highest BCUT2D eigenvalue weighted by atomic mass is 32.1. The molecule has 0 aromatic carbocycles. The van der Waals surface area contributed by atoms with Crippen molar-refractivity contribution in [1.29, 1.82) is 0 Å². The summed E-state index contributed by atoms with van der Waals surface area (Å²) < 4.78 is 1.81. The molecule has 0 spiro atoms. The van der Waals surface area contributed by atoms with Gasteiger partial charge in [0.2, 0.25) is 5.91 Å². The number of amides is 1. The molecule has 3 aromatic heterocycles. The first-order valence-electron chi connectivity index (χ1n) is 6.03. The van der Waals surface area contributed by atoms with Gasteiger partial charge in [-0.2, -0.15) is 5.10 Å². The Bertz CT molecular complexity index is 655. The first kappa shape index (κ1) is 11.9. The maximum Gasteiger partial charge on any atom is 0.225 e. The zero-order valence-electron chi connectivity index (χ0n) is 10.2. The van der Waals surface area contributed by atoms with Crippen molar-refractivity contribution in [3.8, 4) is 0 Å². The van der Waals surface area contributed by atoms with E-state index in [-0.39, 0.29) is 5.91 Å². The summed E-state index contributed by atoms with van der Waals surface area (Å²) in [5, 5.41) is 9.25. The van der Waals surface area contributed by atoms with Crippen molar-refractivity contribution in [2.45, 2.75) is 13.0 Å². The summed E-state index contributed by atoms with van der Waals surface area (Å²) in [5.74, 6) is 0.0273. The number of rotatable bonds is 4. The van der Waals surface area contributed by atoms with Gasteiger partial charge < -0.3 is 5.32 Å². The lowest BCUT2D eigenvalue weighted by Crippen LogP contribution is -2.24. The van der Waals surface area contributed by atoms with Crippen LogP contribution in [0, 0.1) is 0 Å². The van der Waals surface area contributed by atoms with Gasteiger partial charge in [-0.3, -0.25) is 4.79 Å². The topological polar surface area (TPSA) is 46.4 Å². The normalized spacial score (nSPS) is 10.7. The van der Waals surface area contributed by atoms with E-state index in [1.807, 2.05) is 48.0 Å². The van der Waals surface area contributed by atoms with Gasteiger partial charge in [-0.05, 0) is 29.6 Å². The van der Waals surface area contributed by atoms with Crippen LogP contribution in [0.2, 0.25) is 0 Å². The number of hydrogen-bond acceptors (Lipinski definition) is 3. The van der Waals surface area contributed by atoms with Crippen LogP contribution in [0.1, 0.15) is 10.6 Å². The van der Waals surface area contributed by atoms with Crippen LogP contribution in [0.4, 0.5) is 0 Å². The molecule has 3 rings (SSSR count). The molecule has 0 unspecified atom stereocenters. The average Bonchev–Trinajstić information content (AvgIpc) is 3.04. The van der Waals surface area contributed by atoms with Crippen LogP contribution >= 0.6 is 11.3 Å². The highest BCUT2D eigenvalue weighted by Crippen LogP contribution is 2.09. The second-order valence-electron chi connectivity index (χ2n) is 4.24. The SMILES string of the molecule is O=C(Cc1cccs1)NCc1cc2ccccn2n1. The van der Waals surface area contributed by atoms with Crippen LogP contribution in [0.5, 0.6) is 0 Å². The molecule has 3 aromatic rings.